The second kappa shape index (κ2) is 9.64. The monoisotopic (exact) mass is 515 g/mol. The molecule has 1 heterocycles. The first-order valence-corrected chi connectivity index (χ1v) is 13.4. The van der Waals surface area contributed by atoms with E-state index in [-0.39, 0.29) is 27.3 Å². The van der Waals surface area contributed by atoms with E-state index >= 15 is 0 Å². The average molecular weight is 516 g/mol. The predicted octanol–water partition coefficient (Wildman–Crippen LogP) is 6.15. The fraction of sp³-hybridized carbons (Fsp3) is 0.0714. The van der Waals surface area contributed by atoms with Gasteiger partial charge in [-0.2, -0.15) is 8.42 Å². The van der Waals surface area contributed by atoms with E-state index in [0.717, 1.165) is 33.7 Å². The van der Waals surface area contributed by atoms with Crippen LogP contribution in [0.3, 0.4) is 0 Å². The van der Waals surface area contributed by atoms with E-state index in [1.165, 1.54) is 29.2 Å². The smallest absolute Gasteiger partial charge is 0.339 e. The summed E-state index contributed by atoms with van der Waals surface area (Å²) >= 11 is 0.858. The Bertz CT molecular complexity index is 1620. The summed E-state index contributed by atoms with van der Waals surface area (Å²) in [5.41, 5.74) is 2.36. The maximum atomic E-state index is 13.1. The first kappa shape index (κ1) is 23.8. The number of hydrogen-bond acceptors (Lipinski definition) is 6. The Morgan fingerprint density at radius 3 is 2.42 bits per heavy atom. The van der Waals surface area contributed by atoms with Crippen molar-refractivity contribution in [3.63, 3.8) is 0 Å². The first-order chi connectivity index (χ1) is 17.3. The van der Waals surface area contributed by atoms with Crippen LogP contribution < -0.4 is 4.18 Å². The van der Waals surface area contributed by atoms with E-state index in [2.05, 4.69) is 0 Å². The van der Waals surface area contributed by atoms with Crippen LogP contribution in [0.1, 0.15) is 16.7 Å². The Morgan fingerprint density at radius 1 is 0.889 bits per heavy atom. The summed E-state index contributed by atoms with van der Waals surface area (Å²) in [6.45, 7) is 2.03. The van der Waals surface area contributed by atoms with Gasteiger partial charge in [0.2, 0.25) is 0 Å². The minimum Gasteiger partial charge on any atom is -0.379 e. The van der Waals surface area contributed by atoms with E-state index in [4.69, 9.17) is 4.18 Å². The SMILES string of the molecule is Cc1ccc(S(=O)(=O)Oc2cccc(/C=C3\SC(=O)N(Cc4cccc5ccccc45)C3=O)c2)cc1. The van der Waals surface area contributed by atoms with E-state index in [1.807, 2.05) is 49.4 Å². The molecule has 0 N–H and O–H groups in total. The number of imide groups is 1. The zero-order valence-corrected chi connectivity index (χ0v) is 20.9. The van der Waals surface area contributed by atoms with E-state index in [0.29, 0.717) is 5.56 Å². The van der Waals surface area contributed by atoms with Gasteiger partial charge in [-0.1, -0.05) is 72.3 Å². The molecule has 0 bridgehead atoms. The second-order valence-corrected chi connectivity index (χ2v) is 10.9. The molecule has 1 fully saturated rings. The van der Waals surface area contributed by atoms with Crippen LogP contribution in [0.25, 0.3) is 16.8 Å². The molecule has 4 aromatic carbocycles. The van der Waals surface area contributed by atoms with E-state index < -0.39 is 16.0 Å². The molecule has 8 heteroatoms. The van der Waals surface area contributed by atoms with Crippen molar-refractivity contribution in [3.05, 3.63) is 113 Å². The van der Waals surface area contributed by atoms with Gasteiger partial charge in [-0.05, 0) is 70.9 Å². The van der Waals surface area contributed by atoms with Gasteiger partial charge in [0.05, 0.1) is 11.4 Å². The van der Waals surface area contributed by atoms with Gasteiger partial charge in [-0.25, -0.2) is 0 Å². The van der Waals surface area contributed by atoms with Crippen LogP contribution in [-0.4, -0.2) is 24.5 Å². The number of carbonyl (C=O) groups excluding carboxylic acids is 2. The highest BCUT2D eigenvalue weighted by atomic mass is 32.2. The van der Waals surface area contributed by atoms with Crippen LogP contribution in [0.2, 0.25) is 0 Å². The molecule has 2 amide bonds. The lowest BCUT2D eigenvalue weighted by atomic mass is 10.0. The molecule has 0 saturated carbocycles. The molecule has 0 radical (unpaired) electrons. The van der Waals surface area contributed by atoms with Crippen molar-refractivity contribution >= 4 is 49.9 Å². The fourth-order valence-corrected chi connectivity index (χ4v) is 5.69. The fourth-order valence-electron chi connectivity index (χ4n) is 3.92. The molecule has 6 nitrogen and oxygen atoms in total. The number of benzene rings is 4. The third-order valence-corrected chi connectivity index (χ3v) is 7.92. The van der Waals surface area contributed by atoms with Crippen LogP contribution in [0.15, 0.2) is 101 Å². The average Bonchev–Trinajstić information content (AvgIpc) is 3.12. The van der Waals surface area contributed by atoms with Gasteiger partial charge in [0.25, 0.3) is 11.1 Å². The third kappa shape index (κ3) is 4.91. The normalized spacial score (nSPS) is 15.1. The lowest BCUT2D eigenvalue weighted by Gasteiger charge is -2.14. The van der Waals surface area contributed by atoms with Crippen LogP contribution in [-0.2, 0) is 21.5 Å². The van der Waals surface area contributed by atoms with Crippen molar-refractivity contribution in [3.8, 4) is 5.75 Å². The molecule has 5 rings (SSSR count). The molecule has 1 saturated heterocycles. The summed E-state index contributed by atoms with van der Waals surface area (Å²) in [6.07, 6.45) is 1.57. The van der Waals surface area contributed by atoms with Crippen LogP contribution >= 0.6 is 11.8 Å². The molecule has 0 aliphatic carbocycles. The molecule has 0 aromatic heterocycles. The Balaban J connectivity index is 1.36. The number of hydrogen-bond donors (Lipinski definition) is 0. The summed E-state index contributed by atoms with van der Waals surface area (Å²) < 4.78 is 30.5. The number of aryl methyl sites for hydroxylation is 1. The molecular weight excluding hydrogens is 494 g/mol. The molecule has 0 unspecified atom stereocenters. The molecule has 1 aliphatic rings. The van der Waals surface area contributed by atoms with Gasteiger partial charge >= 0.3 is 10.1 Å². The molecule has 4 aromatic rings. The lowest BCUT2D eigenvalue weighted by molar-refractivity contribution is -0.123. The van der Waals surface area contributed by atoms with Crippen molar-refractivity contribution in [1.82, 2.24) is 4.90 Å². The number of fused-ring (bicyclic) bond motifs is 1. The highest BCUT2D eigenvalue weighted by Gasteiger charge is 2.35. The maximum absolute atomic E-state index is 13.1. The molecule has 0 spiro atoms. The second-order valence-electron chi connectivity index (χ2n) is 8.33. The van der Waals surface area contributed by atoms with Gasteiger partial charge in [-0.3, -0.25) is 14.5 Å². The zero-order valence-electron chi connectivity index (χ0n) is 19.2. The summed E-state index contributed by atoms with van der Waals surface area (Å²) in [4.78, 5) is 27.3. The summed E-state index contributed by atoms with van der Waals surface area (Å²) in [7, 11) is -4.01. The van der Waals surface area contributed by atoms with Gasteiger partial charge in [0.15, 0.2) is 0 Å². The number of amides is 2. The van der Waals surface area contributed by atoms with E-state index in [1.54, 1.807) is 30.3 Å². The molecule has 1 aliphatic heterocycles. The van der Waals surface area contributed by atoms with Crippen molar-refractivity contribution in [2.24, 2.45) is 0 Å². The van der Waals surface area contributed by atoms with Gasteiger partial charge < -0.3 is 4.18 Å². The number of thioether (sulfide) groups is 1. The predicted molar refractivity (Wildman–Crippen MR) is 141 cm³/mol. The molecule has 180 valence electrons. The topological polar surface area (TPSA) is 80.8 Å². The van der Waals surface area contributed by atoms with Gasteiger partial charge in [-0.15, -0.1) is 0 Å². The van der Waals surface area contributed by atoms with Crippen molar-refractivity contribution in [2.45, 2.75) is 18.4 Å². The minimum atomic E-state index is -4.01. The van der Waals surface area contributed by atoms with Crippen LogP contribution in [0.5, 0.6) is 5.75 Å². The maximum Gasteiger partial charge on any atom is 0.339 e. The Labute approximate surface area is 213 Å². The number of carbonyl (C=O) groups is 2. The quantitative estimate of drug-likeness (QED) is 0.226. The van der Waals surface area contributed by atoms with Crippen LogP contribution in [0.4, 0.5) is 4.79 Å². The highest BCUT2D eigenvalue weighted by Crippen LogP contribution is 2.34. The Hall–Kier alpha value is -3.88. The molecule has 0 atom stereocenters. The Kier molecular flexibility index (Phi) is 6.38. The number of rotatable bonds is 6. The van der Waals surface area contributed by atoms with Crippen LogP contribution in [0, 0.1) is 6.92 Å². The Morgan fingerprint density at radius 2 is 1.61 bits per heavy atom. The van der Waals surface area contributed by atoms with Crippen molar-refractivity contribution in [2.75, 3.05) is 0 Å². The molecular formula is C28H21NO5S2. The zero-order chi connectivity index (χ0) is 25.3. The van der Waals surface area contributed by atoms with Crippen molar-refractivity contribution in [1.29, 1.82) is 0 Å². The standard InChI is InChI=1S/C28H21NO5S2/c1-19-12-14-24(15-13-19)36(32,33)34-23-10-4-6-20(16-23)17-26-27(30)29(28(31)35-26)18-22-9-5-8-21-7-2-3-11-25(21)22/h2-17H,18H2,1H3/b26-17-. The van der Waals surface area contributed by atoms with Gasteiger partial charge in [0.1, 0.15) is 10.6 Å². The van der Waals surface area contributed by atoms with Crippen molar-refractivity contribution < 1.29 is 22.2 Å². The first-order valence-electron chi connectivity index (χ1n) is 11.1. The summed E-state index contributed by atoms with van der Waals surface area (Å²) in [5.74, 6) is -0.282. The minimum absolute atomic E-state index is 0.0491. The number of nitrogens with zero attached hydrogens (tertiary/aromatic N) is 1. The largest absolute Gasteiger partial charge is 0.379 e. The van der Waals surface area contributed by atoms with E-state index in [9.17, 15) is 18.0 Å². The summed E-state index contributed by atoms with van der Waals surface area (Å²) in [5, 5.41) is 1.67. The van der Waals surface area contributed by atoms with Gasteiger partial charge in [0, 0.05) is 0 Å². The summed E-state index contributed by atoms with van der Waals surface area (Å²) in [6, 6.07) is 26.4. The highest BCUT2D eigenvalue weighted by molar-refractivity contribution is 8.18. The third-order valence-electron chi connectivity index (χ3n) is 5.75. The lowest BCUT2D eigenvalue weighted by Crippen LogP contribution is -2.27. The molecule has 36 heavy (non-hydrogen) atoms.